The molecule has 0 saturated carbocycles. The fourth-order valence-corrected chi connectivity index (χ4v) is 4.10. The predicted molar refractivity (Wildman–Crippen MR) is 145 cm³/mol. The summed E-state index contributed by atoms with van der Waals surface area (Å²) in [6.07, 6.45) is -1.41. The zero-order valence-electron chi connectivity index (χ0n) is 24.5. The van der Waals surface area contributed by atoms with Crippen LogP contribution in [0.15, 0.2) is 24.3 Å². The molecule has 1 aliphatic rings. The number of nitrogens with zero attached hydrogens (tertiary/aromatic N) is 2. The van der Waals surface area contributed by atoms with Gasteiger partial charge in [0, 0.05) is 19.5 Å². The summed E-state index contributed by atoms with van der Waals surface area (Å²) in [5.74, 6) is -3.83. The Bertz CT molecular complexity index is 1150. The number of nitrogens with one attached hydrogen (secondary N) is 1. The van der Waals surface area contributed by atoms with Gasteiger partial charge < -0.3 is 34.4 Å². The fraction of sp³-hybridized carbons (Fsp3) is 0.571. The second kappa shape index (κ2) is 13.5. The molecule has 13 nitrogen and oxygen atoms in total. The average molecular weight is 578 g/mol. The molecule has 0 spiro atoms. The molecule has 226 valence electrons. The van der Waals surface area contributed by atoms with E-state index in [1.165, 1.54) is 34.1 Å². The molecule has 0 aromatic heterocycles. The number of carbonyl (C=O) groups excluding carboxylic acids is 5. The average Bonchev–Trinajstić information content (AvgIpc) is 2.83. The van der Waals surface area contributed by atoms with Gasteiger partial charge >= 0.3 is 24.0 Å². The predicted octanol–water partition coefficient (Wildman–Crippen LogP) is 1.76. The summed E-state index contributed by atoms with van der Waals surface area (Å²) in [5, 5.41) is 11.7. The zero-order valence-corrected chi connectivity index (χ0v) is 24.5. The van der Waals surface area contributed by atoms with Crippen molar-refractivity contribution in [2.24, 2.45) is 0 Å². The lowest BCUT2D eigenvalue weighted by atomic mass is 10.0. The minimum Gasteiger partial charge on any atom is -0.478 e. The lowest BCUT2D eigenvalue weighted by Gasteiger charge is -2.41. The molecule has 0 bridgehead atoms. The van der Waals surface area contributed by atoms with Gasteiger partial charge in [0.25, 0.3) is 0 Å². The number of hydrogen-bond donors (Lipinski definition) is 2. The van der Waals surface area contributed by atoms with Crippen LogP contribution in [0.1, 0.15) is 63.9 Å². The number of benzene rings is 1. The van der Waals surface area contributed by atoms with Crippen LogP contribution in [0.25, 0.3) is 0 Å². The summed E-state index contributed by atoms with van der Waals surface area (Å²) in [5.41, 5.74) is -1.06. The Hall–Kier alpha value is -4.16. The topological polar surface area (TPSA) is 169 Å². The van der Waals surface area contributed by atoms with Crippen LogP contribution in [0.4, 0.5) is 4.79 Å². The number of piperazine rings is 1. The highest BCUT2D eigenvalue weighted by atomic mass is 16.6. The summed E-state index contributed by atoms with van der Waals surface area (Å²) < 4.78 is 15.4. The van der Waals surface area contributed by atoms with Crippen molar-refractivity contribution in [2.45, 2.75) is 77.7 Å². The Morgan fingerprint density at radius 1 is 0.951 bits per heavy atom. The van der Waals surface area contributed by atoms with Gasteiger partial charge in [-0.1, -0.05) is 12.1 Å². The fourth-order valence-electron chi connectivity index (χ4n) is 4.10. The third kappa shape index (κ3) is 10.4. The SMILES string of the molecule is COC(=O)C[C@H]1C(=O)N(CC(=O)OC(C)(C)C)CCN1C(=O)[C@H](Cc1ccc(C(=O)O)cc1)NC(=O)OC(C)(C)C. The van der Waals surface area contributed by atoms with Crippen molar-refractivity contribution >= 4 is 35.8 Å². The Kier molecular flexibility index (Phi) is 10.9. The van der Waals surface area contributed by atoms with Crippen LogP contribution in [-0.4, -0.2) is 101 Å². The molecule has 1 heterocycles. The molecule has 0 radical (unpaired) electrons. The van der Waals surface area contributed by atoms with Crippen LogP contribution >= 0.6 is 0 Å². The van der Waals surface area contributed by atoms with Gasteiger partial charge in [-0.25, -0.2) is 9.59 Å². The first-order valence-corrected chi connectivity index (χ1v) is 13.1. The standard InChI is InChI=1S/C28H39N3O10/c1-27(2,3)40-22(33)16-30-12-13-31(20(24(30)35)15-21(32)39-7)23(34)19(29-26(38)41-28(4,5)6)14-17-8-10-18(11-9-17)25(36)37/h8-11,19-20H,12-16H2,1-7H3,(H,29,38)(H,36,37)/t19-,20-/m0/s1. The molecule has 41 heavy (non-hydrogen) atoms. The van der Waals surface area contributed by atoms with E-state index in [2.05, 4.69) is 5.32 Å². The van der Waals surface area contributed by atoms with Crippen molar-refractivity contribution in [1.29, 1.82) is 0 Å². The number of amides is 3. The number of carbonyl (C=O) groups is 6. The maximum atomic E-state index is 13.9. The van der Waals surface area contributed by atoms with E-state index in [0.29, 0.717) is 5.56 Å². The lowest BCUT2D eigenvalue weighted by molar-refractivity contribution is -0.164. The maximum absolute atomic E-state index is 13.9. The number of rotatable bonds is 9. The van der Waals surface area contributed by atoms with Crippen molar-refractivity contribution in [2.75, 3.05) is 26.7 Å². The quantitative estimate of drug-likeness (QED) is 0.326. The third-order valence-corrected chi connectivity index (χ3v) is 5.82. The second-order valence-corrected chi connectivity index (χ2v) is 11.6. The van der Waals surface area contributed by atoms with Gasteiger partial charge in [-0.15, -0.1) is 0 Å². The number of carboxylic acid groups (broad SMARTS) is 1. The molecule has 2 atom stereocenters. The number of esters is 2. The largest absolute Gasteiger partial charge is 0.478 e. The van der Waals surface area contributed by atoms with Gasteiger partial charge in [-0.05, 0) is 59.2 Å². The van der Waals surface area contributed by atoms with E-state index in [1.54, 1.807) is 41.5 Å². The molecule has 2 rings (SSSR count). The summed E-state index contributed by atoms with van der Waals surface area (Å²) in [6, 6.07) is 3.22. The molecule has 1 aromatic rings. The first kappa shape index (κ1) is 33.0. The molecular weight excluding hydrogens is 538 g/mol. The Morgan fingerprint density at radius 2 is 1.54 bits per heavy atom. The normalized spacial score (nSPS) is 16.5. The number of hydrogen-bond acceptors (Lipinski definition) is 9. The van der Waals surface area contributed by atoms with Crippen molar-refractivity contribution in [3.63, 3.8) is 0 Å². The molecule has 1 aromatic carbocycles. The van der Waals surface area contributed by atoms with Crippen molar-refractivity contribution in [3.8, 4) is 0 Å². The maximum Gasteiger partial charge on any atom is 0.408 e. The molecule has 13 heteroatoms. The van der Waals surface area contributed by atoms with Crippen LogP contribution in [0, 0.1) is 0 Å². The van der Waals surface area contributed by atoms with Crippen LogP contribution in [0.2, 0.25) is 0 Å². The number of ether oxygens (including phenoxy) is 3. The first-order valence-electron chi connectivity index (χ1n) is 13.1. The molecular formula is C28H39N3O10. The second-order valence-electron chi connectivity index (χ2n) is 11.6. The van der Waals surface area contributed by atoms with Crippen molar-refractivity contribution < 1.29 is 48.1 Å². The summed E-state index contributed by atoms with van der Waals surface area (Å²) in [7, 11) is 1.15. The molecule has 1 fully saturated rings. The van der Waals surface area contributed by atoms with Gasteiger partial charge in [0.2, 0.25) is 11.8 Å². The van der Waals surface area contributed by atoms with Crippen LogP contribution in [0.5, 0.6) is 0 Å². The summed E-state index contributed by atoms with van der Waals surface area (Å²) in [6.45, 7) is 9.61. The van der Waals surface area contributed by atoms with Gasteiger partial charge in [-0.2, -0.15) is 0 Å². The van der Waals surface area contributed by atoms with E-state index in [0.717, 1.165) is 7.11 Å². The highest BCUT2D eigenvalue weighted by Crippen LogP contribution is 2.20. The summed E-state index contributed by atoms with van der Waals surface area (Å²) in [4.78, 5) is 78.2. The first-order chi connectivity index (χ1) is 18.9. The van der Waals surface area contributed by atoms with E-state index < -0.39 is 65.5 Å². The number of aromatic carboxylic acids is 1. The molecule has 0 unspecified atom stereocenters. The molecule has 1 saturated heterocycles. The minimum atomic E-state index is -1.30. The smallest absolute Gasteiger partial charge is 0.408 e. The lowest BCUT2D eigenvalue weighted by Crippen LogP contribution is -2.63. The van der Waals surface area contributed by atoms with Crippen LogP contribution < -0.4 is 5.32 Å². The Balaban J connectivity index is 2.36. The number of alkyl carbamates (subject to hydrolysis) is 1. The highest BCUT2D eigenvalue weighted by Gasteiger charge is 2.42. The van der Waals surface area contributed by atoms with Gasteiger partial charge in [0.15, 0.2) is 0 Å². The third-order valence-electron chi connectivity index (χ3n) is 5.82. The van der Waals surface area contributed by atoms with Crippen molar-refractivity contribution in [3.05, 3.63) is 35.4 Å². The van der Waals surface area contributed by atoms with Crippen LogP contribution in [-0.2, 0) is 39.8 Å². The van der Waals surface area contributed by atoms with Gasteiger partial charge in [0.1, 0.15) is 29.8 Å². The number of methoxy groups -OCH3 is 1. The minimum absolute atomic E-state index is 0.0199. The van der Waals surface area contributed by atoms with E-state index in [-0.39, 0.29) is 31.6 Å². The summed E-state index contributed by atoms with van der Waals surface area (Å²) >= 11 is 0. The van der Waals surface area contributed by atoms with E-state index in [4.69, 9.17) is 14.2 Å². The monoisotopic (exact) mass is 577 g/mol. The Morgan fingerprint density at radius 3 is 2.05 bits per heavy atom. The van der Waals surface area contributed by atoms with E-state index in [1.807, 2.05) is 0 Å². The molecule has 0 aliphatic carbocycles. The highest BCUT2D eigenvalue weighted by molar-refractivity contribution is 5.95. The van der Waals surface area contributed by atoms with Crippen LogP contribution in [0.3, 0.4) is 0 Å². The zero-order chi connectivity index (χ0) is 31.1. The van der Waals surface area contributed by atoms with Crippen molar-refractivity contribution in [1.82, 2.24) is 15.1 Å². The van der Waals surface area contributed by atoms with E-state index >= 15 is 0 Å². The van der Waals surface area contributed by atoms with Gasteiger partial charge in [-0.3, -0.25) is 19.2 Å². The number of carboxylic acids is 1. The molecule has 3 amide bonds. The Labute approximate surface area is 239 Å². The van der Waals surface area contributed by atoms with Gasteiger partial charge in [0.05, 0.1) is 19.1 Å². The van der Waals surface area contributed by atoms with E-state index in [9.17, 15) is 33.9 Å². The molecule has 1 aliphatic heterocycles. The molecule has 2 N–H and O–H groups in total.